The van der Waals surface area contributed by atoms with Crippen molar-refractivity contribution in [2.45, 2.75) is 0 Å². The second-order valence-electron chi connectivity index (χ2n) is 0. The third-order valence-corrected chi connectivity index (χ3v) is 0. The maximum absolute atomic E-state index is 7.81. The molecule has 4 heteroatoms. The molecule has 1 nitrogen and oxygen atoms in total. The molecular weight excluding hydrogens is 329 g/mol. The van der Waals surface area contributed by atoms with Gasteiger partial charge in [-0.1, -0.05) is 0 Å². The quantitative estimate of drug-likeness (QED) is 0.528. The molecule has 0 aromatic rings. The van der Waals surface area contributed by atoms with Crippen LogP contribution in [0.2, 0.25) is 0 Å². The summed E-state index contributed by atoms with van der Waals surface area (Å²) < 4.78 is 7.81. The molecule has 0 rings (SSSR count). The van der Waals surface area contributed by atoms with Crippen LogP contribution >= 0.6 is 0 Å². The van der Waals surface area contributed by atoms with Gasteiger partial charge in [-0.25, -0.2) is 0 Å². The van der Waals surface area contributed by atoms with Crippen molar-refractivity contribution in [2.75, 3.05) is 0 Å². The van der Waals surface area contributed by atoms with Gasteiger partial charge in [0.2, 0.25) is 0 Å². The van der Waals surface area contributed by atoms with Crippen molar-refractivity contribution in [3.05, 3.63) is 0 Å². The molecule has 0 N–H and O–H groups in total. The van der Waals surface area contributed by atoms with Crippen molar-refractivity contribution >= 4 is 63.9 Å². The van der Waals surface area contributed by atoms with Gasteiger partial charge in [0, 0.05) is 63.9 Å². The minimum atomic E-state index is 0. The Morgan fingerprint density at radius 2 is 1.25 bits per heavy atom. The predicted octanol–water partition coefficient (Wildman–Crippen LogP) is -0.883. The van der Waals surface area contributed by atoms with E-state index in [-0.39, 0.29) is 63.9 Å². The van der Waals surface area contributed by atoms with Gasteiger partial charge >= 0.3 is 19.8 Å². The Bertz CT molecular complexity index is 8.00. The van der Waals surface area contributed by atoms with E-state index in [0.717, 1.165) is 0 Å². The van der Waals surface area contributed by atoms with E-state index < -0.39 is 0 Å². The van der Waals surface area contributed by atoms with Gasteiger partial charge < -0.3 is 0 Å². The molecule has 5 radical (unpaired) electrons. The minimum absolute atomic E-state index is 0. The first-order valence-corrected chi connectivity index (χ1v) is 0.508. The molecule has 0 saturated heterocycles. The summed E-state index contributed by atoms with van der Waals surface area (Å²) in [6.45, 7) is 0. The summed E-state index contributed by atoms with van der Waals surface area (Å²) >= 11 is 2.94. The van der Waals surface area contributed by atoms with Crippen LogP contribution in [0.4, 0.5) is 0 Å². The third kappa shape index (κ3) is 8.82. The van der Waals surface area contributed by atoms with Crippen LogP contribution in [0.25, 0.3) is 0 Å². The van der Waals surface area contributed by atoms with Crippen molar-refractivity contribution in [2.24, 2.45) is 0 Å². The molecule has 4 heavy (non-hydrogen) atoms. The Kier molecular flexibility index (Phi) is 72.1. The second kappa shape index (κ2) is 17.9. The molecule has 0 saturated carbocycles. The second-order valence-corrected chi connectivity index (χ2v) is 0. The average molecular weight is 329 g/mol. The summed E-state index contributed by atoms with van der Waals surface area (Å²) in [6.07, 6.45) is 0. The fourth-order valence-electron chi connectivity index (χ4n) is 0. The summed E-state index contributed by atoms with van der Waals surface area (Å²) in [6, 6.07) is 0. The van der Waals surface area contributed by atoms with E-state index in [9.17, 15) is 0 Å². The fourth-order valence-corrected chi connectivity index (χ4v) is 0. The molecule has 0 heterocycles. The topological polar surface area (TPSA) is 17.1 Å². The van der Waals surface area contributed by atoms with Crippen LogP contribution in [-0.2, 0) is 19.8 Å². The van der Waals surface area contributed by atoms with E-state index in [1.54, 1.807) is 0 Å². The van der Waals surface area contributed by atoms with Crippen LogP contribution in [0.15, 0.2) is 0 Å². The molecule has 0 amide bonds. The molecule has 0 aliphatic rings. The molecule has 24 valence electrons. The van der Waals surface area contributed by atoms with Crippen molar-refractivity contribution < 1.29 is 19.8 Å². The first-order valence-electron chi connectivity index (χ1n) is 0.123. The first-order chi connectivity index (χ1) is 1.00. The van der Waals surface area contributed by atoms with Gasteiger partial charge in [0.05, 0.1) is 0 Å². The average Bonchev–Trinajstić information content (AvgIpc) is 1.00. The van der Waals surface area contributed by atoms with E-state index in [4.69, 9.17) is 3.83 Å². The molecule has 0 aromatic carbocycles. The standard InChI is InChI=1S/Bi.Ca.Cu.O. The number of rotatable bonds is 0. The Hall–Kier alpha value is 2.46. The Morgan fingerprint density at radius 3 is 1.25 bits per heavy atom. The molecule has 0 fully saturated rings. The van der Waals surface area contributed by atoms with Gasteiger partial charge in [0.25, 0.3) is 0 Å². The van der Waals surface area contributed by atoms with Crippen molar-refractivity contribution in [3.8, 4) is 0 Å². The van der Waals surface area contributed by atoms with E-state index >= 15 is 0 Å². The van der Waals surface area contributed by atoms with Gasteiger partial charge in [-0.2, -0.15) is 0 Å². The zero-order chi connectivity index (χ0) is 2.00. The van der Waals surface area contributed by atoms with Gasteiger partial charge in [-0.05, 0) is 0 Å². The molecule has 0 aliphatic carbocycles. The van der Waals surface area contributed by atoms with Gasteiger partial charge in [0.1, 0.15) is 0 Å². The molecule has 0 bridgehead atoms. The molecule has 0 aromatic heterocycles. The summed E-state index contributed by atoms with van der Waals surface area (Å²) in [5.41, 5.74) is 0. The monoisotopic (exact) mass is 328 g/mol. The van der Waals surface area contributed by atoms with Crippen molar-refractivity contribution in [1.29, 1.82) is 0 Å². The molecule has 0 unspecified atom stereocenters. The molecule has 0 aliphatic heterocycles. The number of hydrogen-bond acceptors (Lipinski definition) is 1. The van der Waals surface area contributed by atoms with Crippen LogP contribution < -0.4 is 0 Å². The summed E-state index contributed by atoms with van der Waals surface area (Å²) in [5.74, 6) is 0. The maximum atomic E-state index is 7.81. The third-order valence-electron chi connectivity index (χ3n) is 0. The zero-order valence-electron chi connectivity index (χ0n) is 1.86. The zero-order valence-corrected chi connectivity index (χ0v) is 8.49. The van der Waals surface area contributed by atoms with Gasteiger partial charge in [0.15, 0.2) is 0 Å². The molecule has 0 spiro atoms. The fraction of sp³-hybridized carbons (Fsp3) is 0. The van der Waals surface area contributed by atoms with E-state index in [0.29, 0.717) is 0 Å². The van der Waals surface area contributed by atoms with Gasteiger partial charge in [-0.15, -0.1) is 0 Å². The summed E-state index contributed by atoms with van der Waals surface area (Å²) in [5, 5.41) is 0. The predicted molar refractivity (Wildman–Crippen MR) is 12.2 cm³/mol. The van der Waals surface area contributed by atoms with Crippen LogP contribution in [0.3, 0.4) is 0 Å². The van der Waals surface area contributed by atoms with Crippen LogP contribution in [-0.4, -0.2) is 63.9 Å². The Labute approximate surface area is 82.0 Å². The number of hydrogen-bond donors (Lipinski definition) is 0. The van der Waals surface area contributed by atoms with Crippen LogP contribution in [0.1, 0.15) is 0 Å². The van der Waals surface area contributed by atoms with Crippen molar-refractivity contribution in [1.82, 2.24) is 0 Å². The van der Waals surface area contributed by atoms with Gasteiger partial charge in [-0.3, -0.25) is 0 Å². The van der Waals surface area contributed by atoms with E-state index in [2.05, 4.69) is 15.9 Å². The van der Waals surface area contributed by atoms with Crippen LogP contribution in [0, 0.1) is 0 Å². The SMILES string of the molecule is [Bi].[Ca].[O]=[Cu]. The van der Waals surface area contributed by atoms with E-state index in [1.165, 1.54) is 0 Å². The first kappa shape index (κ1) is 16.1. The Balaban J connectivity index is -0.00000000500. The van der Waals surface area contributed by atoms with E-state index in [1.807, 2.05) is 0 Å². The molecule has 0 atom stereocenters. The summed E-state index contributed by atoms with van der Waals surface area (Å²) in [4.78, 5) is 0. The van der Waals surface area contributed by atoms with Crippen molar-refractivity contribution in [3.63, 3.8) is 0 Å². The normalized spacial score (nSPS) is 1.50. The Morgan fingerprint density at radius 1 is 1.25 bits per heavy atom. The molecular formula is BiCaCuO. The van der Waals surface area contributed by atoms with Crippen LogP contribution in [0.5, 0.6) is 0 Å². The summed E-state index contributed by atoms with van der Waals surface area (Å²) in [7, 11) is 0.